The number of nitrogens with two attached hydrogens (primary N) is 1. The zero-order chi connectivity index (χ0) is 16.3. The highest BCUT2D eigenvalue weighted by atomic mass is 32.2. The molecule has 0 heterocycles. The highest BCUT2D eigenvalue weighted by molar-refractivity contribution is 7.92. The molecule has 1 aromatic rings. The molecule has 6 nitrogen and oxygen atoms in total. The van der Waals surface area contributed by atoms with E-state index in [1.807, 2.05) is 13.0 Å². The van der Waals surface area contributed by atoms with Crippen LogP contribution in [0.25, 0.3) is 0 Å². The first-order chi connectivity index (χ1) is 9.53. The molecule has 0 aliphatic rings. The van der Waals surface area contributed by atoms with Crippen molar-refractivity contribution >= 4 is 21.6 Å². The van der Waals surface area contributed by atoms with Crippen molar-refractivity contribution in [3.8, 4) is 0 Å². The van der Waals surface area contributed by atoms with E-state index in [-0.39, 0.29) is 12.6 Å². The van der Waals surface area contributed by atoms with Gasteiger partial charge < -0.3 is 16.4 Å². The van der Waals surface area contributed by atoms with Crippen molar-refractivity contribution in [2.75, 3.05) is 18.1 Å². The van der Waals surface area contributed by atoms with Gasteiger partial charge in [0.25, 0.3) is 0 Å². The van der Waals surface area contributed by atoms with Crippen molar-refractivity contribution in [2.24, 2.45) is 5.73 Å². The normalized spacial score (nSPS) is 13.6. The minimum Gasteiger partial charge on any atom is -0.336 e. The van der Waals surface area contributed by atoms with Gasteiger partial charge in [-0.25, -0.2) is 13.2 Å². The van der Waals surface area contributed by atoms with E-state index in [1.165, 1.54) is 0 Å². The topological polar surface area (TPSA) is 101 Å². The molecule has 21 heavy (non-hydrogen) atoms. The molecule has 1 unspecified atom stereocenters. The molecule has 0 bridgehead atoms. The van der Waals surface area contributed by atoms with Crippen LogP contribution in [0.3, 0.4) is 0 Å². The van der Waals surface area contributed by atoms with Gasteiger partial charge in [-0.3, -0.25) is 0 Å². The maximum absolute atomic E-state index is 11.8. The van der Waals surface area contributed by atoms with Gasteiger partial charge in [0, 0.05) is 24.5 Å². The van der Waals surface area contributed by atoms with Crippen molar-refractivity contribution in [1.29, 1.82) is 0 Å². The van der Waals surface area contributed by atoms with Gasteiger partial charge >= 0.3 is 6.03 Å². The van der Waals surface area contributed by atoms with Crippen LogP contribution in [0.5, 0.6) is 0 Å². The van der Waals surface area contributed by atoms with Gasteiger partial charge in [0.05, 0.1) is 4.75 Å². The Morgan fingerprint density at radius 3 is 2.52 bits per heavy atom. The zero-order valence-electron chi connectivity index (χ0n) is 12.8. The summed E-state index contributed by atoms with van der Waals surface area (Å²) in [5.74, 6) is 0. The van der Waals surface area contributed by atoms with Gasteiger partial charge in [-0.05, 0) is 38.5 Å². The fraction of sp³-hybridized carbons (Fsp3) is 0.500. The standard InChI is InChI=1S/C14H23N3O3S/c1-10(15)11-6-5-7-12(8-11)17-13(18)16-9-14(2,3)21(4,19)20/h5-8,10H,9,15H2,1-4H3,(H2,16,17,18). The molecule has 0 saturated heterocycles. The molecule has 0 fully saturated rings. The first kappa shape index (κ1) is 17.5. The summed E-state index contributed by atoms with van der Waals surface area (Å²) < 4.78 is 22.1. The van der Waals surface area contributed by atoms with Crippen LogP contribution in [0.4, 0.5) is 10.5 Å². The summed E-state index contributed by atoms with van der Waals surface area (Å²) >= 11 is 0. The number of urea groups is 1. The second-order valence-corrected chi connectivity index (χ2v) is 8.40. The van der Waals surface area contributed by atoms with E-state index in [2.05, 4.69) is 10.6 Å². The lowest BCUT2D eigenvalue weighted by atomic mass is 10.1. The van der Waals surface area contributed by atoms with E-state index in [1.54, 1.807) is 32.0 Å². The minimum absolute atomic E-state index is 0.0324. The first-order valence-electron chi connectivity index (χ1n) is 6.63. The molecular weight excluding hydrogens is 290 g/mol. The Hall–Kier alpha value is -1.60. The molecule has 0 aliphatic heterocycles. The van der Waals surface area contributed by atoms with Gasteiger partial charge in [-0.15, -0.1) is 0 Å². The predicted octanol–water partition coefficient (Wildman–Crippen LogP) is 1.65. The third kappa shape index (κ3) is 5.02. The van der Waals surface area contributed by atoms with Crippen LogP contribution in [0, 0.1) is 0 Å². The molecule has 118 valence electrons. The molecule has 1 aromatic carbocycles. The number of rotatable bonds is 5. The van der Waals surface area contributed by atoms with E-state index in [9.17, 15) is 13.2 Å². The van der Waals surface area contributed by atoms with E-state index < -0.39 is 20.6 Å². The number of amides is 2. The number of hydrogen-bond donors (Lipinski definition) is 3. The predicted molar refractivity (Wildman–Crippen MR) is 85.0 cm³/mol. The second-order valence-electron chi connectivity index (χ2n) is 5.75. The van der Waals surface area contributed by atoms with Crippen molar-refractivity contribution in [3.63, 3.8) is 0 Å². The Labute approximate surface area is 126 Å². The molecule has 0 saturated carbocycles. The summed E-state index contributed by atoms with van der Waals surface area (Å²) in [6, 6.07) is 6.63. The van der Waals surface area contributed by atoms with Crippen molar-refractivity contribution in [1.82, 2.24) is 5.32 Å². The third-order valence-corrected chi connectivity index (χ3v) is 5.50. The first-order valence-corrected chi connectivity index (χ1v) is 8.52. The molecule has 0 radical (unpaired) electrons. The number of carbonyl (C=O) groups excluding carboxylic acids is 1. The number of carbonyl (C=O) groups is 1. The van der Waals surface area contributed by atoms with E-state index in [4.69, 9.17) is 5.73 Å². The number of anilines is 1. The molecule has 4 N–H and O–H groups in total. The number of benzene rings is 1. The number of hydrogen-bond acceptors (Lipinski definition) is 4. The van der Waals surface area contributed by atoms with Crippen molar-refractivity contribution in [2.45, 2.75) is 31.6 Å². The average Bonchev–Trinajstić information content (AvgIpc) is 2.35. The molecule has 2 amide bonds. The summed E-state index contributed by atoms with van der Waals surface area (Å²) in [5.41, 5.74) is 7.30. The summed E-state index contributed by atoms with van der Waals surface area (Å²) in [7, 11) is -3.25. The third-order valence-electron chi connectivity index (χ3n) is 3.35. The summed E-state index contributed by atoms with van der Waals surface area (Å²) in [5, 5.41) is 5.23. The maximum atomic E-state index is 11.8. The lowest BCUT2D eigenvalue weighted by molar-refractivity contribution is 0.251. The van der Waals surface area contributed by atoms with Crippen LogP contribution in [-0.4, -0.2) is 32.0 Å². The molecule has 1 atom stereocenters. The van der Waals surface area contributed by atoms with E-state index in [0.29, 0.717) is 5.69 Å². The SMILES string of the molecule is CC(N)c1cccc(NC(=O)NCC(C)(C)S(C)(=O)=O)c1. The number of sulfone groups is 1. The lowest BCUT2D eigenvalue weighted by Gasteiger charge is -2.22. The van der Waals surface area contributed by atoms with Gasteiger partial charge in [-0.2, -0.15) is 0 Å². The van der Waals surface area contributed by atoms with E-state index >= 15 is 0 Å². The second kappa shape index (κ2) is 6.44. The monoisotopic (exact) mass is 313 g/mol. The maximum Gasteiger partial charge on any atom is 0.319 e. The van der Waals surface area contributed by atoms with Gasteiger partial charge in [0.15, 0.2) is 9.84 Å². The van der Waals surface area contributed by atoms with Crippen LogP contribution in [0.1, 0.15) is 32.4 Å². The number of nitrogens with one attached hydrogen (secondary N) is 2. The molecule has 7 heteroatoms. The highest BCUT2D eigenvalue weighted by Crippen LogP contribution is 2.16. The Kier molecular flexibility index (Phi) is 5.36. The zero-order valence-corrected chi connectivity index (χ0v) is 13.6. The van der Waals surface area contributed by atoms with Crippen LogP contribution in [0.15, 0.2) is 24.3 Å². The molecule has 0 aliphatic carbocycles. The highest BCUT2D eigenvalue weighted by Gasteiger charge is 2.30. The van der Waals surface area contributed by atoms with Crippen molar-refractivity contribution in [3.05, 3.63) is 29.8 Å². The molecule has 0 aromatic heterocycles. The fourth-order valence-electron chi connectivity index (χ4n) is 1.50. The van der Waals surface area contributed by atoms with Crippen LogP contribution in [0.2, 0.25) is 0 Å². The lowest BCUT2D eigenvalue weighted by Crippen LogP contribution is -2.45. The van der Waals surface area contributed by atoms with Gasteiger partial charge in [0.1, 0.15) is 0 Å². The van der Waals surface area contributed by atoms with Gasteiger partial charge in [0.2, 0.25) is 0 Å². The van der Waals surface area contributed by atoms with Crippen LogP contribution in [-0.2, 0) is 9.84 Å². The summed E-state index contributed by atoms with van der Waals surface area (Å²) in [4.78, 5) is 11.8. The summed E-state index contributed by atoms with van der Waals surface area (Å²) in [6.07, 6.45) is 1.15. The van der Waals surface area contributed by atoms with E-state index in [0.717, 1.165) is 11.8 Å². The molecule has 0 spiro atoms. The smallest absolute Gasteiger partial charge is 0.319 e. The average molecular weight is 313 g/mol. The Balaban J connectivity index is 2.65. The van der Waals surface area contributed by atoms with Crippen molar-refractivity contribution < 1.29 is 13.2 Å². The Morgan fingerprint density at radius 2 is 2.00 bits per heavy atom. The Bertz CT molecular complexity index is 610. The summed E-state index contributed by atoms with van der Waals surface area (Å²) in [6.45, 7) is 5.02. The van der Waals surface area contributed by atoms with Gasteiger partial charge in [-0.1, -0.05) is 12.1 Å². The fourth-order valence-corrected chi connectivity index (χ4v) is 1.83. The molecule has 1 rings (SSSR count). The van der Waals surface area contributed by atoms with Crippen LogP contribution < -0.4 is 16.4 Å². The largest absolute Gasteiger partial charge is 0.336 e. The van der Waals surface area contributed by atoms with Crippen LogP contribution >= 0.6 is 0 Å². The minimum atomic E-state index is -3.25. The quantitative estimate of drug-likeness (QED) is 0.769. The molecular formula is C14H23N3O3S. The Morgan fingerprint density at radius 1 is 1.38 bits per heavy atom.